The number of nitrogens with two attached hydrogens (primary N) is 1. The van der Waals surface area contributed by atoms with E-state index in [2.05, 4.69) is 4.99 Å². The largest absolute Gasteiger partial charge is 0.398 e. The molecule has 0 radical (unpaired) electrons. The lowest BCUT2D eigenvalue weighted by Crippen LogP contribution is -2.43. The number of nitrogen functional groups attached to an aromatic ring is 1. The second-order valence-electron chi connectivity index (χ2n) is 6.65. The van der Waals surface area contributed by atoms with Crippen molar-refractivity contribution >= 4 is 40.1 Å². The molecule has 0 aliphatic carbocycles. The van der Waals surface area contributed by atoms with E-state index in [9.17, 15) is 15.2 Å². The summed E-state index contributed by atoms with van der Waals surface area (Å²) < 4.78 is 0. The number of rotatable bonds is 4. The average Bonchev–Trinajstić information content (AvgIpc) is 2.71. The van der Waals surface area contributed by atoms with E-state index < -0.39 is 11.2 Å². The smallest absolute Gasteiger partial charge is 0.270 e. The van der Waals surface area contributed by atoms with Gasteiger partial charge in [0.25, 0.3) is 5.69 Å². The number of nitro benzene ring substituents is 1. The molecule has 3 N–H and O–H groups in total. The van der Waals surface area contributed by atoms with Gasteiger partial charge in [-0.1, -0.05) is 41.9 Å². The number of fused-ring (bicyclic) bond motifs is 1. The molecule has 0 aromatic heterocycles. The fraction of sp³-hybridized carbons (Fsp3) is 0.0952. The highest BCUT2D eigenvalue weighted by Crippen LogP contribution is 2.39. The van der Waals surface area contributed by atoms with Crippen LogP contribution in [-0.4, -0.2) is 22.0 Å². The van der Waals surface area contributed by atoms with Crippen LogP contribution >= 0.6 is 11.6 Å². The van der Waals surface area contributed by atoms with Crippen molar-refractivity contribution < 1.29 is 10.0 Å². The molecule has 8 heteroatoms. The molecule has 3 aromatic rings. The van der Waals surface area contributed by atoms with Crippen LogP contribution in [0.15, 0.2) is 71.7 Å². The quantitative estimate of drug-likeness (QED) is 0.380. The standard InChI is InChI=1S/C21H17ClN4O3/c22-14-6-9-19-18(10-14)24-20(16-11-15(26(28)29)7-8-17(16)23)21(27)25(19)12-13-4-2-1-3-5-13/h1-11,21,27H,12,23H2. The summed E-state index contributed by atoms with van der Waals surface area (Å²) in [4.78, 5) is 17.0. The monoisotopic (exact) mass is 408 g/mol. The molecular weight excluding hydrogens is 392 g/mol. The number of aliphatic hydroxyl groups is 1. The predicted molar refractivity (Wildman–Crippen MR) is 114 cm³/mol. The number of aliphatic hydroxyl groups excluding tert-OH is 1. The Balaban J connectivity index is 1.85. The van der Waals surface area contributed by atoms with E-state index in [-0.39, 0.29) is 11.4 Å². The molecule has 1 atom stereocenters. The Hall–Kier alpha value is -3.42. The number of hydrogen-bond donors (Lipinski definition) is 2. The third-order valence-electron chi connectivity index (χ3n) is 4.75. The normalized spacial score (nSPS) is 15.6. The van der Waals surface area contributed by atoms with Crippen LogP contribution in [-0.2, 0) is 6.54 Å². The molecule has 3 aromatic carbocycles. The van der Waals surface area contributed by atoms with Crippen LogP contribution in [0.2, 0.25) is 5.02 Å². The molecule has 0 saturated heterocycles. The Morgan fingerprint density at radius 2 is 1.90 bits per heavy atom. The molecule has 29 heavy (non-hydrogen) atoms. The van der Waals surface area contributed by atoms with Crippen LogP contribution in [0.25, 0.3) is 0 Å². The summed E-state index contributed by atoms with van der Waals surface area (Å²) in [5, 5.41) is 22.9. The van der Waals surface area contributed by atoms with Gasteiger partial charge in [0.15, 0.2) is 6.23 Å². The zero-order chi connectivity index (χ0) is 20.5. The van der Waals surface area contributed by atoms with Gasteiger partial charge in [-0.25, -0.2) is 4.99 Å². The molecule has 0 bridgehead atoms. The number of anilines is 2. The Kier molecular flexibility index (Phi) is 4.92. The van der Waals surface area contributed by atoms with Crippen LogP contribution in [0.1, 0.15) is 11.1 Å². The molecule has 1 aliphatic heterocycles. The number of halogens is 1. The van der Waals surface area contributed by atoms with Gasteiger partial charge < -0.3 is 15.7 Å². The van der Waals surface area contributed by atoms with E-state index in [4.69, 9.17) is 17.3 Å². The second kappa shape index (κ2) is 7.54. The zero-order valence-corrected chi connectivity index (χ0v) is 16.0. The summed E-state index contributed by atoms with van der Waals surface area (Å²) in [7, 11) is 0. The fourth-order valence-electron chi connectivity index (χ4n) is 3.33. The number of nitrogens with zero attached hydrogens (tertiary/aromatic N) is 3. The predicted octanol–water partition coefficient (Wildman–Crippen LogP) is 4.29. The Morgan fingerprint density at radius 1 is 1.14 bits per heavy atom. The van der Waals surface area contributed by atoms with E-state index in [0.717, 1.165) is 5.56 Å². The number of hydrogen-bond acceptors (Lipinski definition) is 6. The first kappa shape index (κ1) is 18.9. The summed E-state index contributed by atoms with van der Waals surface area (Å²) >= 11 is 6.15. The molecule has 1 unspecified atom stereocenters. The highest BCUT2D eigenvalue weighted by atomic mass is 35.5. The summed E-state index contributed by atoms with van der Waals surface area (Å²) in [5.41, 5.74) is 9.03. The second-order valence-corrected chi connectivity index (χ2v) is 7.08. The minimum Gasteiger partial charge on any atom is -0.398 e. The molecule has 0 spiro atoms. The molecule has 4 rings (SSSR count). The first-order valence-electron chi connectivity index (χ1n) is 8.85. The van der Waals surface area contributed by atoms with E-state index in [1.54, 1.807) is 23.1 Å². The maximum atomic E-state index is 11.2. The topological polar surface area (TPSA) is 105 Å². The van der Waals surface area contributed by atoms with Gasteiger partial charge in [-0.05, 0) is 29.8 Å². The van der Waals surface area contributed by atoms with Gasteiger partial charge in [-0.3, -0.25) is 10.1 Å². The lowest BCUT2D eigenvalue weighted by molar-refractivity contribution is -0.384. The van der Waals surface area contributed by atoms with Crippen molar-refractivity contribution in [2.45, 2.75) is 12.8 Å². The lowest BCUT2D eigenvalue weighted by atomic mass is 10.0. The molecule has 1 aliphatic rings. The molecule has 0 saturated carbocycles. The summed E-state index contributed by atoms with van der Waals surface area (Å²) in [5.74, 6) is 0. The third-order valence-corrected chi connectivity index (χ3v) is 4.98. The molecule has 146 valence electrons. The van der Waals surface area contributed by atoms with E-state index in [0.29, 0.717) is 34.2 Å². The molecule has 0 amide bonds. The number of benzene rings is 3. The van der Waals surface area contributed by atoms with Crippen molar-refractivity contribution in [2.75, 3.05) is 10.6 Å². The van der Waals surface area contributed by atoms with Gasteiger partial charge in [0.05, 0.1) is 22.0 Å². The van der Waals surface area contributed by atoms with Crippen LogP contribution in [0, 0.1) is 10.1 Å². The molecular formula is C21H17ClN4O3. The van der Waals surface area contributed by atoms with E-state index in [1.807, 2.05) is 30.3 Å². The molecule has 0 fully saturated rings. The van der Waals surface area contributed by atoms with Gasteiger partial charge >= 0.3 is 0 Å². The minimum absolute atomic E-state index is 0.129. The van der Waals surface area contributed by atoms with Crippen molar-refractivity contribution in [2.24, 2.45) is 4.99 Å². The lowest BCUT2D eigenvalue weighted by Gasteiger charge is -2.35. The SMILES string of the molecule is Nc1ccc([N+](=O)[O-])cc1C1=Nc2cc(Cl)ccc2N(Cc2ccccc2)C1O. The van der Waals surface area contributed by atoms with E-state index in [1.165, 1.54) is 18.2 Å². The van der Waals surface area contributed by atoms with Crippen molar-refractivity contribution in [3.8, 4) is 0 Å². The van der Waals surface area contributed by atoms with Gasteiger partial charge in [0.1, 0.15) is 0 Å². The first-order valence-corrected chi connectivity index (χ1v) is 9.23. The van der Waals surface area contributed by atoms with Crippen LogP contribution < -0.4 is 10.6 Å². The zero-order valence-electron chi connectivity index (χ0n) is 15.2. The van der Waals surface area contributed by atoms with E-state index >= 15 is 0 Å². The van der Waals surface area contributed by atoms with Crippen LogP contribution in [0.4, 0.5) is 22.7 Å². The number of nitro groups is 1. The summed E-state index contributed by atoms with van der Waals surface area (Å²) in [6.45, 7) is 0.407. The Labute approximate surface area is 171 Å². The van der Waals surface area contributed by atoms with Crippen molar-refractivity contribution in [3.05, 3.63) is 93.0 Å². The Bertz CT molecular complexity index is 1120. The molecule has 1 heterocycles. The first-order chi connectivity index (χ1) is 13.9. The summed E-state index contributed by atoms with van der Waals surface area (Å²) in [6.07, 6.45) is -1.15. The maximum Gasteiger partial charge on any atom is 0.270 e. The van der Waals surface area contributed by atoms with Gasteiger partial charge in [0.2, 0.25) is 0 Å². The summed E-state index contributed by atoms with van der Waals surface area (Å²) in [6, 6.07) is 19.0. The minimum atomic E-state index is -1.15. The Morgan fingerprint density at radius 3 is 2.62 bits per heavy atom. The van der Waals surface area contributed by atoms with Crippen molar-refractivity contribution in [1.82, 2.24) is 0 Å². The highest BCUT2D eigenvalue weighted by molar-refractivity contribution is 6.31. The van der Waals surface area contributed by atoms with Gasteiger partial charge in [-0.2, -0.15) is 0 Å². The average molecular weight is 409 g/mol. The number of non-ortho nitro benzene ring substituents is 1. The van der Waals surface area contributed by atoms with Crippen LogP contribution in [0.5, 0.6) is 0 Å². The van der Waals surface area contributed by atoms with Crippen molar-refractivity contribution in [1.29, 1.82) is 0 Å². The third kappa shape index (κ3) is 3.65. The highest BCUT2D eigenvalue weighted by Gasteiger charge is 2.31. The number of aliphatic imine (C=N–C) groups is 1. The maximum absolute atomic E-state index is 11.2. The van der Waals surface area contributed by atoms with Gasteiger partial charge in [-0.15, -0.1) is 0 Å². The van der Waals surface area contributed by atoms with Crippen LogP contribution in [0.3, 0.4) is 0 Å². The van der Waals surface area contributed by atoms with Gasteiger partial charge in [0, 0.05) is 35.0 Å². The fourth-order valence-corrected chi connectivity index (χ4v) is 3.49. The van der Waals surface area contributed by atoms with Crippen molar-refractivity contribution in [3.63, 3.8) is 0 Å². The molecule has 7 nitrogen and oxygen atoms in total.